The van der Waals surface area contributed by atoms with Crippen LogP contribution in [0.1, 0.15) is 25.6 Å². The number of amides is 1. The lowest BCUT2D eigenvalue weighted by atomic mass is 9.96. The summed E-state index contributed by atoms with van der Waals surface area (Å²) >= 11 is 1.02. The van der Waals surface area contributed by atoms with Crippen molar-refractivity contribution in [3.05, 3.63) is 34.1 Å². The SMILES string of the molecule is CC(C)(C)C(=O)N=c1sc(CO)cn1-c1ccc2c(c1)OC(F)(F)C(F)(F)O2. The van der Waals surface area contributed by atoms with Crippen LogP contribution in [0.3, 0.4) is 0 Å². The van der Waals surface area contributed by atoms with Crippen LogP contribution in [-0.4, -0.2) is 27.8 Å². The predicted molar refractivity (Wildman–Crippen MR) is 90.7 cm³/mol. The lowest BCUT2D eigenvalue weighted by molar-refractivity contribution is -0.391. The van der Waals surface area contributed by atoms with Gasteiger partial charge in [-0.15, -0.1) is 0 Å². The van der Waals surface area contributed by atoms with Crippen molar-refractivity contribution in [2.45, 2.75) is 39.6 Å². The molecule has 1 aliphatic heterocycles. The number of halogens is 4. The molecule has 1 aliphatic rings. The maximum Gasteiger partial charge on any atom is 0.507 e. The third-order valence-electron chi connectivity index (χ3n) is 3.72. The Morgan fingerprint density at radius 2 is 1.79 bits per heavy atom. The maximum atomic E-state index is 13.4. The summed E-state index contributed by atoms with van der Waals surface area (Å²) in [6, 6.07) is 3.43. The van der Waals surface area contributed by atoms with Gasteiger partial charge < -0.3 is 14.6 Å². The van der Waals surface area contributed by atoms with E-state index in [2.05, 4.69) is 14.5 Å². The fraction of sp³-hybridized carbons (Fsp3) is 0.412. The van der Waals surface area contributed by atoms with E-state index in [-0.39, 0.29) is 17.1 Å². The van der Waals surface area contributed by atoms with E-state index in [9.17, 15) is 27.5 Å². The molecule has 2 aromatic rings. The molecule has 152 valence electrons. The summed E-state index contributed by atoms with van der Waals surface area (Å²) in [5, 5.41) is 9.38. The molecule has 11 heteroatoms. The van der Waals surface area contributed by atoms with E-state index in [1.807, 2.05) is 0 Å². The lowest BCUT2D eigenvalue weighted by Crippen LogP contribution is -2.52. The van der Waals surface area contributed by atoms with Crippen molar-refractivity contribution in [1.29, 1.82) is 0 Å². The van der Waals surface area contributed by atoms with E-state index in [0.717, 1.165) is 23.5 Å². The molecule has 0 unspecified atom stereocenters. The van der Waals surface area contributed by atoms with E-state index < -0.39 is 35.0 Å². The third kappa shape index (κ3) is 3.63. The number of aliphatic hydroxyl groups is 1. The first-order valence-corrected chi connectivity index (χ1v) is 8.85. The average molecular weight is 420 g/mol. The van der Waals surface area contributed by atoms with Crippen molar-refractivity contribution >= 4 is 17.2 Å². The molecule has 3 rings (SSSR count). The summed E-state index contributed by atoms with van der Waals surface area (Å²) in [5.41, 5.74) is -0.554. The Morgan fingerprint density at radius 3 is 2.36 bits per heavy atom. The Morgan fingerprint density at radius 1 is 1.18 bits per heavy atom. The van der Waals surface area contributed by atoms with Crippen LogP contribution in [0, 0.1) is 5.41 Å². The Balaban J connectivity index is 2.10. The second-order valence-corrected chi connectivity index (χ2v) is 8.14. The fourth-order valence-corrected chi connectivity index (χ4v) is 3.03. The topological polar surface area (TPSA) is 73.0 Å². The Labute approximate surface area is 160 Å². The van der Waals surface area contributed by atoms with Gasteiger partial charge in [-0.1, -0.05) is 32.1 Å². The minimum atomic E-state index is -4.84. The summed E-state index contributed by atoms with van der Waals surface area (Å²) < 4.78 is 63.0. The molecule has 0 saturated heterocycles. The molecule has 0 bridgehead atoms. The van der Waals surface area contributed by atoms with Crippen molar-refractivity contribution in [2.24, 2.45) is 10.4 Å². The van der Waals surface area contributed by atoms with E-state index in [1.165, 1.54) is 16.8 Å². The highest BCUT2D eigenvalue weighted by Gasteiger charge is 2.65. The van der Waals surface area contributed by atoms with Crippen LogP contribution in [0.4, 0.5) is 17.6 Å². The van der Waals surface area contributed by atoms with E-state index in [0.29, 0.717) is 4.88 Å². The molecule has 1 N–H and O–H groups in total. The van der Waals surface area contributed by atoms with Gasteiger partial charge in [0.15, 0.2) is 16.3 Å². The van der Waals surface area contributed by atoms with Crippen molar-refractivity contribution in [1.82, 2.24) is 4.57 Å². The van der Waals surface area contributed by atoms with Crippen molar-refractivity contribution < 1.29 is 36.9 Å². The number of fused-ring (bicyclic) bond motifs is 1. The molecule has 6 nitrogen and oxygen atoms in total. The second kappa shape index (κ2) is 6.59. The number of carbonyl (C=O) groups is 1. The summed E-state index contributed by atoms with van der Waals surface area (Å²) in [6.07, 6.45) is -8.19. The minimum absolute atomic E-state index is 0.178. The number of aromatic nitrogens is 1. The summed E-state index contributed by atoms with van der Waals surface area (Å²) in [5.74, 6) is -1.58. The Bertz CT molecular complexity index is 992. The Hall–Kier alpha value is -2.40. The van der Waals surface area contributed by atoms with Gasteiger partial charge in [0.25, 0.3) is 5.91 Å². The number of alkyl halides is 4. The minimum Gasteiger partial charge on any atom is -0.421 e. The summed E-state index contributed by atoms with van der Waals surface area (Å²) in [7, 11) is 0. The van der Waals surface area contributed by atoms with E-state index in [4.69, 9.17) is 0 Å². The normalized spacial score (nSPS) is 18.2. The summed E-state index contributed by atoms with van der Waals surface area (Å²) in [6.45, 7) is 4.70. The number of aliphatic hydroxyl groups excluding tert-OH is 1. The van der Waals surface area contributed by atoms with Gasteiger partial charge in [0.2, 0.25) is 0 Å². The maximum absolute atomic E-state index is 13.4. The second-order valence-electron chi connectivity index (χ2n) is 7.04. The van der Waals surface area contributed by atoms with Crippen LogP contribution in [0.25, 0.3) is 5.69 Å². The highest BCUT2D eigenvalue weighted by molar-refractivity contribution is 7.09. The number of rotatable bonds is 2. The third-order valence-corrected chi connectivity index (χ3v) is 4.68. The molecule has 0 fully saturated rings. The Kier molecular flexibility index (Phi) is 4.79. The monoisotopic (exact) mass is 420 g/mol. The quantitative estimate of drug-likeness (QED) is 0.756. The number of ether oxygens (including phenoxy) is 2. The average Bonchev–Trinajstić information content (AvgIpc) is 2.97. The fourth-order valence-electron chi connectivity index (χ4n) is 2.19. The molecular weight excluding hydrogens is 404 g/mol. The van der Waals surface area contributed by atoms with Gasteiger partial charge in [-0.3, -0.25) is 9.36 Å². The van der Waals surface area contributed by atoms with Gasteiger partial charge in [0.1, 0.15) is 0 Å². The van der Waals surface area contributed by atoms with Crippen LogP contribution in [0.2, 0.25) is 0 Å². The molecule has 2 heterocycles. The molecule has 1 aromatic heterocycles. The van der Waals surface area contributed by atoms with Gasteiger partial charge in [0, 0.05) is 17.7 Å². The number of hydrogen-bond donors (Lipinski definition) is 1. The van der Waals surface area contributed by atoms with Crippen LogP contribution in [-0.2, 0) is 11.4 Å². The van der Waals surface area contributed by atoms with Crippen molar-refractivity contribution in [3.8, 4) is 17.2 Å². The molecule has 0 spiro atoms. The van der Waals surface area contributed by atoms with E-state index >= 15 is 0 Å². The van der Waals surface area contributed by atoms with Crippen molar-refractivity contribution in [3.63, 3.8) is 0 Å². The highest BCUT2D eigenvalue weighted by atomic mass is 32.1. The van der Waals surface area contributed by atoms with E-state index in [1.54, 1.807) is 20.8 Å². The lowest BCUT2D eigenvalue weighted by Gasteiger charge is -2.31. The zero-order valence-electron chi connectivity index (χ0n) is 15.0. The number of benzene rings is 1. The van der Waals surface area contributed by atoms with Crippen molar-refractivity contribution in [2.75, 3.05) is 0 Å². The number of hydrogen-bond acceptors (Lipinski definition) is 5. The largest absolute Gasteiger partial charge is 0.507 e. The molecule has 1 amide bonds. The predicted octanol–water partition coefficient (Wildman–Crippen LogP) is 3.46. The number of thiazole rings is 1. The van der Waals surface area contributed by atoms with Gasteiger partial charge in [-0.25, -0.2) is 0 Å². The van der Waals surface area contributed by atoms with Crippen LogP contribution < -0.4 is 14.3 Å². The highest BCUT2D eigenvalue weighted by Crippen LogP contribution is 2.47. The first-order valence-electron chi connectivity index (χ1n) is 8.03. The first-order chi connectivity index (χ1) is 12.8. The molecule has 0 radical (unpaired) electrons. The molecule has 0 aliphatic carbocycles. The zero-order valence-corrected chi connectivity index (χ0v) is 15.8. The molecule has 0 atom stereocenters. The molecule has 0 saturated carbocycles. The molecule has 1 aromatic carbocycles. The van der Waals surface area contributed by atoms with Gasteiger partial charge >= 0.3 is 12.2 Å². The van der Waals surface area contributed by atoms with Gasteiger partial charge in [-0.05, 0) is 12.1 Å². The number of nitrogens with zero attached hydrogens (tertiary/aromatic N) is 2. The molecular formula is C17H16F4N2O4S. The zero-order chi connectivity index (χ0) is 20.9. The number of carbonyl (C=O) groups excluding carboxylic acids is 1. The van der Waals surface area contributed by atoms with Gasteiger partial charge in [-0.2, -0.15) is 22.6 Å². The standard InChI is InChI=1S/C17H16F4N2O4S/c1-15(2,3)13(25)22-14-23(7-10(8-24)28-14)9-4-5-11-12(6-9)27-17(20,21)16(18,19)26-11/h4-7,24H,8H2,1-3H3. The first kappa shape index (κ1) is 20.3. The molecule has 28 heavy (non-hydrogen) atoms. The smallest absolute Gasteiger partial charge is 0.421 e. The summed E-state index contributed by atoms with van der Waals surface area (Å²) in [4.78, 5) is 16.9. The van der Waals surface area contributed by atoms with Crippen LogP contribution >= 0.6 is 11.3 Å². The van der Waals surface area contributed by atoms with Gasteiger partial charge in [0.05, 0.1) is 17.2 Å². The van der Waals surface area contributed by atoms with Crippen LogP contribution in [0.5, 0.6) is 11.5 Å². The van der Waals surface area contributed by atoms with Crippen LogP contribution in [0.15, 0.2) is 29.4 Å².